The van der Waals surface area contributed by atoms with E-state index >= 15 is 0 Å². The van der Waals surface area contributed by atoms with Gasteiger partial charge in [0.25, 0.3) is 0 Å². The van der Waals surface area contributed by atoms with E-state index in [1.54, 1.807) is 29.1 Å². The molecule has 0 aliphatic rings. The van der Waals surface area contributed by atoms with Crippen molar-refractivity contribution in [2.45, 2.75) is 5.25 Å². The molecule has 0 saturated carbocycles. The van der Waals surface area contributed by atoms with Crippen LogP contribution in [0.25, 0.3) is 22.8 Å². The molecule has 4 rings (SSSR count). The summed E-state index contributed by atoms with van der Waals surface area (Å²) in [4.78, 5) is 8.30. The lowest BCUT2D eigenvalue weighted by Gasteiger charge is -2.06. The van der Waals surface area contributed by atoms with Crippen LogP contribution in [0.2, 0.25) is 0 Å². The largest absolute Gasteiger partial charge is 0.337 e. The van der Waals surface area contributed by atoms with Crippen LogP contribution in [0.1, 0.15) is 17.0 Å². The van der Waals surface area contributed by atoms with Crippen LogP contribution in [0, 0.1) is 5.82 Å². The van der Waals surface area contributed by atoms with Crippen molar-refractivity contribution in [2.75, 3.05) is 0 Å². The maximum absolute atomic E-state index is 13.4. The fraction of sp³-hybridized carbons (Fsp3) is 0.118. The summed E-state index contributed by atoms with van der Waals surface area (Å²) in [7, 11) is 1.83. The lowest BCUT2D eigenvalue weighted by molar-refractivity contribution is 0.381. The number of hydrogen-bond donors (Lipinski definition) is 1. The van der Waals surface area contributed by atoms with E-state index in [9.17, 15) is 4.39 Å². The maximum atomic E-state index is 13.4. The highest BCUT2D eigenvalue weighted by atomic mass is 32.1. The molecule has 3 heterocycles. The van der Waals surface area contributed by atoms with Crippen LogP contribution in [0.5, 0.6) is 0 Å². The third kappa shape index (κ3) is 2.97. The Balaban J connectivity index is 1.65. The molecular weight excluding hydrogens is 355 g/mol. The monoisotopic (exact) mass is 368 g/mol. The van der Waals surface area contributed by atoms with Gasteiger partial charge in [0.15, 0.2) is 11.6 Å². The van der Waals surface area contributed by atoms with Gasteiger partial charge in [0.1, 0.15) is 11.1 Å². The molecule has 1 unspecified atom stereocenters. The number of halogens is 1. The van der Waals surface area contributed by atoms with E-state index in [1.807, 2.05) is 19.2 Å². The Hall–Kier alpha value is -3.07. The van der Waals surface area contributed by atoms with Crippen molar-refractivity contribution in [1.82, 2.24) is 29.9 Å². The van der Waals surface area contributed by atoms with E-state index in [1.165, 1.54) is 12.1 Å². The Kier molecular flexibility index (Phi) is 4.21. The smallest absolute Gasteiger partial charge is 0.247 e. The minimum absolute atomic E-state index is 0.254. The average molecular weight is 368 g/mol. The second kappa shape index (κ2) is 6.68. The van der Waals surface area contributed by atoms with Gasteiger partial charge in [0.2, 0.25) is 11.7 Å². The van der Waals surface area contributed by atoms with Gasteiger partial charge in [-0.3, -0.25) is 4.98 Å². The van der Waals surface area contributed by atoms with Crippen molar-refractivity contribution in [3.05, 3.63) is 66.3 Å². The van der Waals surface area contributed by atoms with Crippen molar-refractivity contribution in [3.8, 4) is 22.8 Å². The molecule has 130 valence electrons. The number of thiol groups is 1. The third-order valence-electron chi connectivity index (χ3n) is 3.85. The first-order chi connectivity index (χ1) is 12.6. The maximum Gasteiger partial charge on any atom is 0.247 e. The van der Waals surface area contributed by atoms with Gasteiger partial charge in [0, 0.05) is 30.6 Å². The summed E-state index contributed by atoms with van der Waals surface area (Å²) in [6, 6.07) is 9.67. The summed E-state index contributed by atoms with van der Waals surface area (Å²) in [6.45, 7) is 0. The molecule has 4 aromatic rings. The molecule has 0 aliphatic carbocycles. The molecule has 0 radical (unpaired) electrons. The summed E-state index contributed by atoms with van der Waals surface area (Å²) in [5, 5.41) is 11.7. The van der Waals surface area contributed by atoms with E-state index < -0.39 is 5.25 Å². The van der Waals surface area contributed by atoms with E-state index in [4.69, 9.17) is 4.52 Å². The highest BCUT2D eigenvalue weighted by Crippen LogP contribution is 2.29. The standard InChI is InChI=1S/C17H13FN6OS/c1-24-15(10-5-7-19-8-6-10)21-22-16(24)13(26)17-20-14(23-25-17)11-3-2-4-12(18)9-11/h2-9,13,26H,1H3. The summed E-state index contributed by atoms with van der Waals surface area (Å²) in [6.07, 6.45) is 3.37. The molecule has 0 N–H and O–H groups in total. The number of hydrogen-bond acceptors (Lipinski definition) is 7. The lowest BCUT2D eigenvalue weighted by atomic mass is 10.2. The van der Waals surface area contributed by atoms with Crippen LogP contribution in [-0.2, 0) is 7.05 Å². The van der Waals surface area contributed by atoms with Gasteiger partial charge in [-0.25, -0.2) is 4.39 Å². The topological polar surface area (TPSA) is 82.5 Å². The van der Waals surface area contributed by atoms with E-state index in [2.05, 4.69) is 38.0 Å². The van der Waals surface area contributed by atoms with Crippen molar-refractivity contribution >= 4 is 12.6 Å². The van der Waals surface area contributed by atoms with Crippen LogP contribution in [0.15, 0.2) is 53.3 Å². The minimum atomic E-state index is -0.571. The summed E-state index contributed by atoms with van der Waals surface area (Å²) in [5.74, 6) is 1.40. The molecular formula is C17H13FN6OS. The summed E-state index contributed by atoms with van der Waals surface area (Å²) < 4.78 is 20.5. The second-order valence-corrected chi connectivity index (χ2v) is 6.06. The number of benzene rings is 1. The quantitative estimate of drug-likeness (QED) is 0.558. The van der Waals surface area contributed by atoms with Gasteiger partial charge in [0.05, 0.1) is 0 Å². The average Bonchev–Trinajstić information content (AvgIpc) is 3.29. The summed E-state index contributed by atoms with van der Waals surface area (Å²) in [5.41, 5.74) is 1.41. The van der Waals surface area contributed by atoms with E-state index in [-0.39, 0.29) is 17.5 Å². The molecule has 0 bridgehead atoms. The predicted octanol–water partition coefficient (Wildman–Crippen LogP) is 3.09. The Bertz CT molecular complexity index is 1050. The zero-order chi connectivity index (χ0) is 18.1. The molecule has 0 saturated heterocycles. The van der Waals surface area contributed by atoms with E-state index in [0.29, 0.717) is 17.2 Å². The molecule has 0 spiro atoms. The first-order valence-corrected chi connectivity index (χ1v) is 8.22. The van der Waals surface area contributed by atoms with Gasteiger partial charge >= 0.3 is 0 Å². The van der Waals surface area contributed by atoms with Gasteiger partial charge in [-0.05, 0) is 24.3 Å². The fourth-order valence-corrected chi connectivity index (χ4v) is 2.86. The first-order valence-electron chi connectivity index (χ1n) is 7.71. The van der Waals surface area contributed by atoms with Gasteiger partial charge in [-0.1, -0.05) is 17.3 Å². The van der Waals surface area contributed by atoms with Gasteiger partial charge < -0.3 is 9.09 Å². The minimum Gasteiger partial charge on any atom is -0.337 e. The van der Waals surface area contributed by atoms with Crippen LogP contribution in [0.4, 0.5) is 4.39 Å². The number of nitrogens with zero attached hydrogens (tertiary/aromatic N) is 6. The Morgan fingerprint density at radius 1 is 1.12 bits per heavy atom. The second-order valence-electron chi connectivity index (χ2n) is 5.55. The zero-order valence-corrected chi connectivity index (χ0v) is 14.5. The molecule has 7 nitrogen and oxygen atoms in total. The van der Waals surface area contributed by atoms with Crippen LogP contribution in [-0.4, -0.2) is 29.9 Å². The zero-order valence-electron chi connectivity index (χ0n) is 13.6. The highest BCUT2D eigenvalue weighted by Gasteiger charge is 2.24. The Labute approximate surface area is 153 Å². The van der Waals surface area contributed by atoms with Crippen LogP contribution < -0.4 is 0 Å². The van der Waals surface area contributed by atoms with E-state index in [0.717, 1.165) is 5.56 Å². The number of rotatable bonds is 4. The molecule has 1 atom stereocenters. The SMILES string of the molecule is Cn1c(-c2ccncc2)nnc1C(S)c1nc(-c2cccc(F)c2)no1. The lowest BCUT2D eigenvalue weighted by Crippen LogP contribution is -2.04. The highest BCUT2D eigenvalue weighted by molar-refractivity contribution is 7.80. The Morgan fingerprint density at radius 2 is 1.92 bits per heavy atom. The van der Waals surface area contributed by atoms with Crippen molar-refractivity contribution < 1.29 is 8.91 Å². The van der Waals surface area contributed by atoms with Gasteiger partial charge in [-0.15, -0.1) is 10.2 Å². The normalized spacial score (nSPS) is 12.3. The molecule has 0 amide bonds. The first kappa shape index (κ1) is 16.4. The third-order valence-corrected chi connectivity index (χ3v) is 4.30. The molecule has 0 fully saturated rings. The van der Waals surface area contributed by atoms with Crippen LogP contribution in [0.3, 0.4) is 0 Å². The van der Waals surface area contributed by atoms with Crippen molar-refractivity contribution in [3.63, 3.8) is 0 Å². The number of pyridine rings is 1. The molecule has 9 heteroatoms. The van der Waals surface area contributed by atoms with Crippen molar-refractivity contribution in [1.29, 1.82) is 0 Å². The number of aromatic nitrogens is 6. The van der Waals surface area contributed by atoms with Crippen LogP contribution >= 0.6 is 12.6 Å². The van der Waals surface area contributed by atoms with Gasteiger partial charge in [-0.2, -0.15) is 17.6 Å². The predicted molar refractivity (Wildman–Crippen MR) is 94.8 cm³/mol. The van der Waals surface area contributed by atoms with Crippen molar-refractivity contribution in [2.24, 2.45) is 7.05 Å². The fourth-order valence-electron chi connectivity index (χ4n) is 2.53. The summed E-state index contributed by atoms with van der Waals surface area (Å²) >= 11 is 4.54. The molecule has 1 aromatic carbocycles. The Morgan fingerprint density at radius 3 is 2.69 bits per heavy atom. The molecule has 0 aliphatic heterocycles. The molecule has 3 aromatic heterocycles. The molecule has 26 heavy (non-hydrogen) atoms.